The third-order valence-corrected chi connectivity index (χ3v) is 4.01. The molecule has 1 saturated carbocycles. The summed E-state index contributed by atoms with van der Waals surface area (Å²) < 4.78 is 1.42. The summed E-state index contributed by atoms with van der Waals surface area (Å²) in [6.07, 6.45) is 2.58. The molecule has 0 aromatic carbocycles. The minimum Gasteiger partial charge on any atom is -0.338 e. The number of aliphatic imine (C=N–C) groups is 2. The molecule has 1 aliphatic carbocycles. The smallest absolute Gasteiger partial charge is 0.320 e. The van der Waals surface area contributed by atoms with E-state index in [0.717, 1.165) is 25.0 Å². The Bertz CT molecular complexity index is 731. The van der Waals surface area contributed by atoms with Crippen molar-refractivity contribution in [1.82, 2.24) is 15.1 Å². The minimum atomic E-state index is -0.320. The molecule has 1 aromatic rings. The maximum absolute atomic E-state index is 12.2. The summed E-state index contributed by atoms with van der Waals surface area (Å²) in [4.78, 5) is 32.7. The number of rotatable bonds is 3. The van der Waals surface area contributed by atoms with Gasteiger partial charge in [-0.15, -0.1) is 0 Å². The molecule has 0 radical (unpaired) electrons. The molecule has 1 unspecified atom stereocenters. The molecule has 3 amide bonds. The van der Waals surface area contributed by atoms with Crippen LogP contribution in [0.5, 0.6) is 0 Å². The molecular formula is C16H22N6O2. The zero-order valence-corrected chi connectivity index (χ0v) is 14.2. The molecule has 0 spiro atoms. The molecule has 2 heterocycles. The molecule has 24 heavy (non-hydrogen) atoms. The first-order valence-corrected chi connectivity index (χ1v) is 8.26. The fourth-order valence-corrected chi connectivity index (χ4v) is 2.85. The normalized spacial score (nSPS) is 19.8. The zero-order chi connectivity index (χ0) is 17.3. The summed E-state index contributed by atoms with van der Waals surface area (Å²) in [7, 11) is 0. The van der Waals surface area contributed by atoms with E-state index >= 15 is 0 Å². The van der Waals surface area contributed by atoms with E-state index in [0.29, 0.717) is 24.0 Å². The highest BCUT2D eigenvalue weighted by Crippen LogP contribution is 2.27. The van der Waals surface area contributed by atoms with E-state index in [4.69, 9.17) is 0 Å². The number of nitrogens with zero attached hydrogens (tertiary/aromatic N) is 4. The highest BCUT2D eigenvalue weighted by Gasteiger charge is 2.33. The second-order valence-electron chi connectivity index (χ2n) is 6.61. The number of carbonyl (C=O) groups is 2. The number of carbonyl (C=O) groups excluding carboxylic acids is 2. The van der Waals surface area contributed by atoms with Crippen LogP contribution in [0.2, 0.25) is 0 Å². The van der Waals surface area contributed by atoms with Gasteiger partial charge in [-0.25, -0.2) is 9.79 Å². The second kappa shape index (κ2) is 6.54. The summed E-state index contributed by atoms with van der Waals surface area (Å²) in [5, 5.41) is 9.84. The van der Waals surface area contributed by atoms with Crippen molar-refractivity contribution in [2.75, 3.05) is 11.9 Å². The number of hydrogen-bond donors (Lipinski definition) is 2. The van der Waals surface area contributed by atoms with Crippen LogP contribution >= 0.6 is 0 Å². The Balaban J connectivity index is 1.82. The van der Waals surface area contributed by atoms with Gasteiger partial charge in [-0.05, 0) is 32.1 Å². The Morgan fingerprint density at radius 1 is 1.42 bits per heavy atom. The highest BCUT2D eigenvalue weighted by atomic mass is 16.2. The number of urea groups is 1. The third kappa shape index (κ3) is 3.37. The van der Waals surface area contributed by atoms with E-state index < -0.39 is 0 Å². The van der Waals surface area contributed by atoms with Crippen LogP contribution in [0.1, 0.15) is 38.8 Å². The quantitative estimate of drug-likeness (QED) is 0.885. The van der Waals surface area contributed by atoms with Crippen molar-refractivity contribution in [3.8, 4) is 0 Å². The Labute approximate surface area is 140 Å². The summed E-state index contributed by atoms with van der Waals surface area (Å²) in [6.45, 7) is 6.42. The molecule has 8 heteroatoms. The molecule has 0 saturated heterocycles. The van der Waals surface area contributed by atoms with E-state index in [1.54, 1.807) is 6.07 Å². The summed E-state index contributed by atoms with van der Waals surface area (Å²) in [6, 6.07) is 1.40. The number of amides is 3. The van der Waals surface area contributed by atoms with Crippen LogP contribution < -0.4 is 10.6 Å². The SMILES string of the molecule is Cc1cc(NC(=O)NCC(C)C)n(C2=NC(=O)C3CCCC3=N2)n1. The monoisotopic (exact) mass is 330 g/mol. The fourth-order valence-electron chi connectivity index (χ4n) is 2.85. The van der Waals surface area contributed by atoms with Gasteiger partial charge in [0.05, 0.1) is 11.6 Å². The van der Waals surface area contributed by atoms with Crippen molar-refractivity contribution in [1.29, 1.82) is 0 Å². The molecular weight excluding hydrogens is 308 g/mol. The molecule has 2 aliphatic rings. The molecule has 128 valence electrons. The van der Waals surface area contributed by atoms with Crippen molar-refractivity contribution in [2.24, 2.45) is 21.8 Å². The van der Waals surface area contributed by atoms with E-state index in [9.17, 15) is 9.59 Å². The lowest BCUT2D eigenvalue weighted by molar-refractivity contribution is -0.119. The van der Waals surface area contributed by atoms with Crippen molar-refractivity contribution in [3.63, 3.8) is 0 Å². The number of aromatic nitrogens is 2. The highest BCUT2D eigenvalue weighted by molar-refractivity contribution is 6.17. The van der Waals surface area contributed by atoms with Crippen LogP contribution in [0.4, 0.5) is 10.6 Å². The van der Waals surface area contributed by atoms with Gasteiger partial charge >= 0.3 is 6.03 Å². The zero-order valence-electron chi connectivity index (χ0n) is 14.2. The average molecular weight is 330 g/mol. The van der Waals surface area contributed by atoms with Crippen LogP contribution in [0.15, 0.2) is 16.1 Å². The Hall–Kier alpha value is -2.51. The topological polar surface area (TPSA) is 101 Å². The second-order valence-corrected chi connectivity index (χ2v) is 6.61. The fraction of sp³-hybridized carbons (Fsp3) is 0.562. The molecule has 3 rings (SSSR count). The van der Waals surface area contributed by atoms with E-state index in [1.165, 1.54) is 4.68 Å². The number of hydrogen-bond acceptors (Lipinski definition) is 4. The minimum absolute atomic E-state index is 0.170. The molecule has 1 aromatic heterocycles. The maximum atomic E-state index is 12.2. The largest absolute Gasteiger partial charge is 0.338 e. The Morgan fingerprint density at radius 3 is 2.96 bits per heavy atom. The van der Waals surface area contributed by atoms with Gasteiger partial charge in [-0.3, -0.25) is 10.1 Å². The number of aryl methyl sites for hydroxylation is 1. The van der Waals surface area contributed by atoms with Gasteiger partial charge in [0.1, 0.15) is 5.82 Å². The lowest BCUT2D eigenvalue weighted by Gasteiger charge is -2.15. The van der Waals surface area contributed by atoms with E-state index in [2.05, 4.69) is 25.7 Å². The van der Waals surface area contributed by atoms with Crippen LogP contribution in [0.25, 0.3) is 0 Å². The van der Waals surface area contributed by atoms with Crippen molar-refractivity contribution < 1.29 is 9.59 Å². The van der Waals surface area contributed by atoms with Crippen molar-refractivity contribution in [2.45, 2.75) is 40.0 Å². The van der Waals surface area contributed by atoms with Crippen LogP contribution in [-0.2, 0) is 4.79 Å². The predicted octanol–water partition coefficient (Wildman–Crippen LogP) is 1.95. The Morgan fingerprint density at radius 2 is 2.21 bits per heavy atom. The van der Waals surface area contributed by atoms with Gasteiger partial charge in [0, 0.05) is 18.3 Å². The van der Waals surface area contributed by atoms with Gasteiger partial charge in [-0.2, -0.15) is 14.8 Å². The number of fused-ring (bicyclic) bond motifs is 1. The van der Waals surface area contributed by atoms with Crippen LogP contribution in [0, 0.1) is 18.8 Å². The average Bonchev–Trinajstić information content (AvgIpc) is 3.12. The van der Waals surface area contributed by atoms with Crippen molar-refractivity contribution in [3.05, 3.63) is 11.8 Å². The molecule has 1 aliphatic heterocycles. The number of nitrogens with one attached hydrogen (secondary N) is 2. The maximum Gasteiger partial charge on any atom is 0.320 e. The lowest BCUT2D eigenvalue weighted by Crippen LogP contribution is -2.34. The molecule has 8 nitrogen and oxygen atoms in total. The summed E-state index contributed by atoms with van der Waals surface area (Å²) >= 11 is 0. The van der Waals surface area contributed by atoms with Gasteiger partial charge in [0.2, 0.25) is 0 Å². The van der Waals surface area contributed by atoms with Gasteiger partial charge in [0.15, 0.2) is 0 Å². The summed E-state index contributed by atoms with van der Waals surface area (Å²) in [5.41, 5.74) is 1.58. The number of anilines is 1. The lowest BCUT2D eigenvalue weighted by atomic mass is 10.1. The molecule has 1 fully saturated rings. The first-order chi connectivity index (χ1) is 11.4. The van der Waals surface area contributed by atoms with Crippen LogP contribution in [-0.4, -0.2) is 39.9 Å². The van der Waals surface area contributed by atoms with Gasteiger partial charge in [-0.1, -0.05) is 13.8 Å². The van der Waals surface area contributed by atoms with E-state index in [1.807, 2.05) is 20.8 Å². The Kier molecular flexibility index (Phi) is 4.46. The molecule has 2 N–H and O–H groups in total. The van der Waals surface area contributed by atoms with Crippen molar-refractivity contribution >= 4 is 29.4 Å². The first kappa shape index (κ1) is 16.4. The summed E-state index contributed by atoms with van der Waals surface area (Å²) in [5.74, 6) is 0.682. The molecule has 0 bridgehead atoms. The first-order valence-electron chi connectivity index (χ1n) is 8.26. The van der Waals surface area contributed by atoms with Gasteiger partial charge < -0.3 is 5.32 Å². The molecule has 1 atom stereocenters. The van der Waals surface area contributed by atoms with Gasteiger partial charge in [0.25, 0.3) is 11.9 Å². The van der Waals surface area contributed by atoms with Crippen LogP contribution in [0.3, 0.4) is 0 Å². The third-order valence-electron chi connectivity index (χ3n) is 4.01. The van der Waals surface area contributed by atoms with E-state index in [-0.39, 0.29) is 23.8 Å². The standard InChI is InChI=1S/C16H22N6O2/c1-9(2)8-17-16(24)19-13-7-10(3)21-22(13)15-18-12-6-4-5-11(12)14(23)20-15/h7,9,11H,4-6,8H2,1-3H3,(H2,17,19,24). The predicted molar refractivity (Wildman–Crippen MR) is 91.4 cm³/mol.